The van der Waals surface area contributed by atoms with E-state index < -0.39 is 10.0 Å². The number of piperidine rings is 2. The van der Waals surface area contributed by atoms with Crippen molar-refractivity contribution >= 4 is 16.1 Å². The summed E-state index contributed by atoms with van der Waals surface area (Å²) in [5.41, 5.74) is 2.38. The molecule has 5 aliphatic heterocycles. The third kappa shape index (κ3) is 4.38. The molecule has 0 N–H and O–H groups in total. The van der Waals surface area contributed by atoms with E-state index >= 15 is 0 Å². The summed E-state index contributed by atoms with van der Waals surface area (Å²) in [4.78, 5) is 17.6. The van der Waals surface area contributed by atoms with Crippen LogP contribution in [0.2, 0.25) is 0 Å². The molecule has 0 saturated carbocycles. The molecule has 2 unspecified atom stereocenters. The van der Waals surface area contributed by atoms with E-state index in [9.17, 15) is 13.2 Å². The van der Waals surface area contributed by atoms with Crippen LogP contribution in [0.25, 0.3) is 0 Å². The summed E-state index contributed by atoms with van der Waals surface area (Å²) in [6.45, 7) is 4.20. The van der Waals surface area contributed by atoms with Gasteiger partial charge in [0.1, 0.15) is 6.10 Å². The highest BCUT2D eigenvalue weighted by molar-refractivity contribution is 7.88. The van der Waals surface area contributed by atoms with Crippen molar-refractivity contribution < 1.29 is 22.7 Å². The van der Waals surface area contributed by atoms with Gasteiger partial charge in [-0.05, 0) is 62.7 Å². The van der Waals surface area contributed by atoms with Crippen LogP contribution in [0, 0.1) is 0 Å². The smallest absolute Gasteiger partial charge is 0.410 e. The molecule has 9 heteroatoms. The Morgan fingerprint density at radius 2 is 1.77 bits per heavy atom. The zero-order valence-corrected chi connectivity index (χ0v) is 21.4. The first-order valence-corrected chi connectivity index (χ1v) is 15.0. The Morgan fingerprint density at radius 1 is 1.06 bits per heavy atom. The van der Waals surface area contributed by atoms with Crippen molar-refractivity contribution in [1.29, 1.82) is 0 Å². The summed E-state index contributed by atoms with van der Waals surface area (Å²) >= 11 is 0. The highest BCUT2D eigenvalue weighted by Crippen LogP contribution is 2.45. The van der Waals surface area contributed by atoms with Crippen LogP contribution in [0.5, 0.6) is 0 Å². The van der Waals surface area contributed by atoms with E-state index in [1.807, 2.05) is 11.0 Å². The number of sulfonamides is 1. The molecule has 6 rings (SSSR count). The molecule has 3 atom stereocenters. The summed E-state index contributed by atoms with van der Waals surface area (Å²) in [7, 11) is -3.24. The lowest BCUT2D eigenvalue weighted by molar-refractivity contribution is 0.00744. The Hall–Kier alpha value is -1.68. The zero-order valence-electron chi connectivity index (χ0n) is 20.6. The highest BCUT2D eigenvalue weighted by Gasteiger charge is 2.49. The molecule has 1 aromatic carbocycles. The minimum absolute atomic E-state index is 0.0946. The number of nitrogens with zero attached hydrogens (tertiary/aromatic N) is 3. The Kier molecular flexibility index (Phi) is 6.10. The number of amides is 1. The van der Waals surface area contributed by atoms with Gasteiger partial charge in [-0.2, -0.15) is 4.31 Å². The molecular weight excluding hydrogens is 466 g/mol. The molecule has 0 aromatic heterocycles. The fourth-order valence-corrected chi connectivity index (χ4v) is 8.23. The first-order valence-electron chi connectivity index (χ1n) is 13.2. The molecule has 5 aliphatic rings. The number of carbonyl (C=O) groups excluding carboxylic acids is 1. The van der Waals surface area contributed by atoms with Crippen LogP contribution in [-0.4, -0.2) is 91.9 Å². The van der Waals surface area contributed by atoms with Crippen molar-refractivity contribution in [3.8, 4) is 0 Å². The minimum Gasteiger partial charge on any atom is -0.444 e. The summed E-state index contributed by atoms with van der Waals surface area (Å²) in [5, 5.41) is 0. The predicted molar refractivity (Wildman–Crippen MR) is 132 cm³/mol. The monoisotopic (exact) mass is 503 g/mol. The van der Waals surface area contributed by atoms with Gasteiger partial charge in [-0.1, -0.05) is 24.3 Å². The lowest BCUT2D eigenvalue weighted by Gasteiger charge is -2.51. The second kappa shape index (κ2) is 9.01. The molecule has 0 radical (unpaired) electrons. The molecular formula is C26H37N3O5S. The van der Waals surface area contributed by atoms with E-state index in [2.05, 4.69) is 23.1 Å². The second-order valence-electron chi connectivity index (χ2n) is 11.3. The summed E-state index contributed by atoms with van der Waals surface area (Å²) in [5.74, 6) is 0. The number of fused-ring (bicyclic) bond motifs is 4. The minimum atomic E-state index is -3.24. The maximum atomic E-state index is 12.9. The number of likely N-dealkylation sites (tertiary alicyclic amines) is 1. The molecule has 8 nitrogen and oxygen atoms in total. The van der Waals surface area contributed by atoms with Gasteiger partial charge in [0.15, 0.2) is 0 Å². The fraction of sp³-hybridized carbons (Fsp3) is 0.731. The maximum absolute atomic E-state index is 12.9. The van der Waals surface area contributed by atoms with Crippen molar-refractivity contribution in [2.75, 3.05) is 39.1 Å². The molecule has 2 bridgehead atoms. The summed E-state index contributed by atoms with van der Waals surface area (Å²) in [6, 6.07) is 9.42. The number of ether oxygens (including phenoxy) is 2. The number of benzene rings is 1. The maximum Gasteiger partial charge on any atom is 0.410 e. The van der Waals surface area contributed by atoms with E-state index in [-0.39, 0.29) is 29.7 Å². The van der Waals surface area contributed by atoms with E-state index in [4.69, 9.17) is 9.47 Å². The largest absolute Gasteiger partial charge is 0.444 e. The average molecular weight is 504 g/mol. The average Bonchev–Trinajstić information content (AvgIpc) is 3.44. The van der Waals surface area contributed by atoms with Gasteiger partial charge in [-0.3, -0.25) is 0 Å². The lowest BCUT2D eigenvalue weighted by atomic mass is 9.69. The lowest BCUT2D eigenvalue weighted by Crippen LogP contribution is -2.57. The normalized spacial score (nSPS) is 33.1. The van der Waals surface area contributed by atoms with E-state index in [0.717, 1.165) is 63.6 Å². The number of carbonyl (C=O) groups is 1. The van der Waals surface area contributed by atoms with Gasteiger partial charge in [0.05, 0.1) is 19.5 Å². The fourth-order valence-electron chi connectivity index (χ4n) is 7.38. The molecule has 35 heavy (non-hydrogen) atoms. The second-order valence-corrected chi connectivity index (χ2v) is 13.3. The van der Waals surface area contributed by atoms with E-state index in [0.29, 0.717) is 32.3 Å². The van der Waals surface area contributed by atoms with Gasteiger partial charge in [-0.15, -0.1) is 0 Å². The van der Waals surface area contributed by atoms with Crippen molar-refractivity contribution in [2.24, 2.45) is 0 Å². The SMILES string of the molecule is CS(=O)(=O)N1Cc2ccccc2C2(CCN(C3CC4CCC(C3)N4C(=O)O[C@H]3CCOC3)CC2)C1. The van der Waals surface area contributed by atoms with Crippen LogP contribution in [-0.2, 0) is 31.5 Å². The van der Waals surface area contributed by atoms with Crippen molar-refractivity contribution in [3.63, 3.8) is 0 Å². The molecule has 1 spiro atoms. The topological polar surface area (TPSA) is 79.4 Å². The Morgan fingerprint density at radius 3 is 2.43 bits per heavy atom. The van der Waals surface area contributed by atoms with Crippen molar-refractivity contribution in [3.05, 3.63) is 35.4 Å². The quantitative estimate of drug-likeness (QED) is 0.631. The summed E-state index contributed by atoms with van der Waals surface area (Å²) in [6.07, 6.45) is 7.96. The predicted octanol–water partition coefficient (Wildman–Crippen LogP) is 2.72. The van der Waals surface area contributed by atoms with Gasteiger partial charge in [0.2, 0.25) is 10.0 Å². The van der Waals surface area contributed by atoms with Gasteiger partial charge >= 0.3 is 6.09 Å². The molecule has 4 saturated heterocycles. The van der Waals surface area contributed by atoms with E-state index in [1.165, 1.54) is 11.8 Å². The van der Waals surface area contributed by atoms with Crippen LogP contribution in [0.4, 0.5) is 4.79 Å². The third-order valence-corrected chi connectivity index (χ3v) is 10.4. The number of rotatable bonds is 3. The number of hydrogen-bond donors (Lipinski definition) is 0. The van der Waals surface area contributed by atoms with Gasteiger partial charge in [0, 0.05) is 43.1 Å². The zero-order chi connectivity index (χ0) is 24.2. The molecule has 5 heterocycles. The standard InChI is InChI=1S/C26H37N3O5S/c1-35(31,32)28-16-19-4-2-3-5-24(19)26(18-28)9-11-27(12-10-26)22-14-20-6-7-21(15-22)29(20)25(30)34-23-8-13-33-17-23/h2-5,20-23H,6-18H2,1H3/t20?,21?,22?,23-/m0/s1. The first-order chi connectivity index (χ1) is 16.8. The third-order valence-electron chi connectivity index (χ3n) is 9.23. The number of hydrogen-bond acceptors (Lipinski definition) is 6. The Balaban J connectivity index is 1.12. The summed E-state index contributed by atoms with van der Waals surface area (Å²) < 4.78 is 37.7. The first kappa shape index (κ1) is 23.7. The van der Waals surface area contributed by atoms with Gasteiger partial charge in [0.25, 0.3) is 0 Å². The van der Waals surface area contributed by atoms with Gasteiger partial charge < -0.3 is 19.3 Å². The molecule has 192 valence electrons. The molecule has 0 aliphatic carbocycles. The van der Waals surface area contributed by atoms with Gasteiger partial charge in [-0.25, -0.2) is 13.2 Å². The van der Waals surface area contributed by atoms with E-state index in [1.54, 1.807) is 4.31 Å². The van der Waals surface area contributed by atoms with Crippen molar-refractivity contribution in [1.82, 2.24) is 14.1 Å². The molecule has 1 aromatic rings. The Bertz CT molecular complexity index is 1050. The molecule has 1 amide bonds. The molecule has 4 fully saturated rings. The van der Waals surface area contributed by atoms with Crippen LogP contribution >= 0.6 is 0 Å². The van der Waals surface area contributed by atoms with Crippen LogP contribution in [0.1, 0.15) is 56.1 Å². The Labute approximate surface area is 208 Å². The van der Waals surface area contributed by atoms with Crippen LogP contribution in [0.15, 0.2) is 24.3 Å². The highest BCUT2D eigenvalue weighted by atomic mass is 32.2. The van der Waals surface area contributed by atoms with Crippen LogP contribution in [0.3, 0.4) is 0 Å². The van der Waals surface area contributed by atoms with Crippen LogP contribution < -0.4 is 0 Å². The van der Waals surface area contributed by atoms with Crippen molar-refractivity contribution in [2.45, 2.75) is 81.1 Å².